The van der Waals surface area contributed by atoms with Crippen molar-refractivity contribution in [2.75, 3.05) is 6.61 Å². The Hall–Kier alpha value is -0.570. The van der Waals surface area contributed by atoms with E-state index in [1.165, 1.54) is 19.3 Å². The van der Waals surface area contributed by atoms with Gasteiger partial charge in [0.2, 0.25) is 0 Å². The van der Waals surface area contributed by atoms with Crippen LogP contribution in [-0.2, 0) is 14.3 Å². The van der Waals surface area contributed by atoms with Crippen LogP contribution in [0.15, 0.2) is 0 Å². The van der Waals surface area contributed by atoms with E-state index in [0.717, 1.165) is 12.8 Å². The first-order valence-electron chi connectivity index (χ1n) is 6.37. The summed E-state index contributed by atoms with van der Waals surface area (Å²) in [6.07, 6.45) is 6.91. The van der Waals surface area contributed by atoms with Crippen molar-refractivity contribution in [2.24, 2.45) is 0 Å². The van der Waals surface area contributed by atoms with Crippen LogP contribution >= 0.6 is 0 Å². The zero-order valence-electron chi connectivity index (χ0n) is 10.8. The Kier molecular flexibility index (Phi) is 5.26. The predicted octanol–water partition coefficient (Wildman–Crippen LogP) is 3.07. The minimum atomic E-state index is -0.354. The second kappa shape index (κ2) is 6.24. The number of ether oxygens (including phenoxy) is 2. The van der Waals surface area contributed by atoms with Gasteiger partial charge in [-0.3, -0.25) is 4.79 Å². The molecular formula is C13H24O3. The van der Waals surface area contributed by atoms with E-state index in [1.807, 2.05) is 13.8 Å². The molecule has 16 heavy (non-hydrogen) atoms. The van der Waals surface area contributed by atoms with Crippen LogP contribution in [0.1, 0.15) is 59.3 Å². The molecule has 3 heteroatoms. The molecule has 0 heterocycles. The number of hydrogen-bond acceptors (Lipinski definition) is 3. The van der Waals surface area contributed by atoms with Gasteiger partial charge < -0.3 is 9.47 Å². The van der Waals surface area contributed by atoms with Crippen LogP contribution < -0.4 is 0 Å². The summed E-state index contributed by atoms with van der Waals surface area (Å²) in [5.74, 6) is -0.152. The summed E-state index contributed by atoms with van der Waals surface area (Å²) in [4.78, 5) is 11.1. The highest BCUT2D eigenvalue weighted by Crippen LogP contribution is 2.25. The van der Waals surface area contributed by atoms with E-state index in [0.29, 0.717) is 19.1 Å². The number of carbonyl (C=O) groups excluding carboxylic acids is 1. The molecule has 1 fully saturated rings. The zero-order valence-corrected chi connectivity index (χ0v) is 10.8. The van der Waals surface area contributed by atoms with Gasteiger partial charge in [0.15, 0.2) is 0 Å². The average Bonchev–Trinajstić information content (AvgIpc) is 2.27. The highest BCUT2D eigenvalue weighted by molar-refractivity contribution is 5.68. The second-order valence-corrected chi connectivity index (χ2v) is 5.15. The number of hydrogen-bond donors (Lipinski definition) is 0. The zero-order chi connectivity index (χ0) is 12.0. The van der Waals surface area contributed by atoms with E-state index in [9.17, 15) is 4.79 Å². The Morgan fingerprint density at radius 1 is 1.25 bits per heavy atom. The van der Waals surface area contributed by atoms with Crippen LogP contribution in [0.3, 0.4) is 0 Å². The predicted molar refractivity (Wildman–Crippen MR) is 63.3 cm³/mol. The van der Waals surface area contributed by atoms with Crippen LogP contribution in [0.4, 0.5) is 0 Å². The van der Waals surface area contributed by atoms with E-state index in [2.05, 4.69) is 0 Å². The lowest BCUT2D eigenvalue weighted by Crippen LogP contribution is -2.36. The SMILES string of the molecule is CCC(=O)OCC(C)(C)OC1CCCCC1. The topological polar surface area (TPSA) is 35.5 Å². The molecule has 0 aromatic heterocycles. The first-order chi connectivity index (χ1) is 7.53. The molecule has 0 unspecified atom stereocenters. The Balaban J connectivity index is 2.28. The van der Waals surface area contributed by atoms with E-state index in [-0.39, 0.29) is 11.6 Å². The molecule has 94 valence electrons. The summed E-state index contributed by atoms with van der Waals surface area (Å²) in [5, 5.41) is 0. The highest BCUT2D eigenvalue weighted by atomic mass is 16.6. The Morgan fingerprint density at radius 2 is 1.88 bits per heavy atom. The molecule has 0 aromatic rings. The summed E-state index contributed by atoms with van der Waals surface area (Å²) >= 11 is 0. The van der Waals surface area contributed by atoms with Gasteiger partial charge in [0.05, 0.1) is 11.7 Å². The molecular weight excluding hydrogens is 204 g/mol. The van der Waals surface area contributed by atoms with Crippen LogP contribution in [0.25, 0.3) is 0 Å². The van der Waals surface area contributed by atoms with Gasteiger partial charge in [0.1, 0.15) is 6.61 Å². The van der Waals surface area contributed by atoms with Gasteiger partial charge >= 0.3 is 5.97 Å². The second-order valence-electron chi connectivity index (χ2n) is 5.15. The first-order valence-corrected chi connectivity index (χ1v) is 6.37. The lowest BCUT2D eigenvalue weighted by Gasteiger charge is -2.32. The largest absolute Gasteiger partial charge is 0.463 e. The molecule has 0 N–H and O–H groups in total. The monoisotopic (exact) mass is 228 g/mol. The molecule has 1 aliphatic carbocycles. The van der Waals surface area contributed by atoms with Crippen molar-refractivity contribution in [1.82, 2.24) is 0 Å². The molecule has 0 amide bonds. The summed E-state index contributed by atoms with van der Waals surface area (Å²) in [7, 11) is 0. The standard InChI is InChI=1S/C13H24O3/c1-4-12(14)15-10-13(2,3)16-11-8-6-5-7-9-11/h11H,4-10H2,1-3H3. The van der Waals surface area contributed by atoms with Crippen molar-refractivity contribution >= 4 is 5.97 Å². The van der Waals surface area contributed by atoms with Crippen molar-refractivity contribution in [1.29, 1.82) is 0 Å². The third-order valence-corrected chi connectivity index (χ3v) is 2.91. The van der Waals surface area contributed by atoms with E-state index in [1.54, 1.807) is 6.92 Å². The Bertz CT molecular complexity index is 217. The maximum absolute atomic E-state index is 11.1. The molecule has 1 saturated carbocycles. The van der Waals surface area contributed by atoms with Crippen molar-refractivity contribution in [3.63, 3.8) is 0 Å². The van der Waals surface area contributed by atoms with Gasteiger partial charge in [-0.15, -0.1) is 0 Å². The maximum Gasteiger partial charge on any atom is 0.305 e. The van der Waals surface area contributed by atoms with Crippen LogP contribution in [-0.4, -0.2) is 24.3 Å². The van der Waals surface area contributed by atoms with Gasteiger partial charge in [-0.05, 0) is 26.7 Å². The van der Waals surface area contributed by atoms with Gasteiger partial charge in [-0.2, -0.15) is 0 Å². The van der Waals surface area contributed by atoms with Gasteiger partial charge in [0.25, 0.3) is 0 Å². The third-order valence-electron chi connectivity index (χ3n) is 2.91. The molecule has 0 aliphatic heterocycles. The first kappa shape index (κ1) is 13.5. The molecule has 0 bridgehead atoms. The van der Waals surface area contributed by atoms with Crippen molar-refractivity contribution in [2.45, 2.75) is 71.0 Å². The molecule has 0 spiro atoms. The van der Waals surface area contributed by atoms with E-state index < -0.39 is 0 Å². The smallest absolute Gasteiger partial charge is 0.305 e. The van der Waals surface area contributed by atoms with Crippen molar-refractivity contribution in [3.05, 3.63) is 0 Å². The number of esters is 1. The van der Waals surface area contributed by atoms with Crippen molar-refractivity contribution < 1.29 is 14.3 Å². The molecule has 3 nitrogen and oxygen atoms in total. The number of carbonyl (C=O) groups is 1. The summed E-state index contributed by atoms with van der Waals surface area (Å²) in [6, 6.07) is 0. The van der Waals surface area contributed by atoms with E-state index >= 15 is 0 Å². The van der Waals surface area contributed by atoms with Gasteiger partial charge in [-0.1, -0.05) is 26.2 Å². The van der Waals surface area contributed by atoms with Gasteiger partial charge in [0, 0.05) is 6.42 Å². The third kappa shape index (κ3) is 4.97. The maximum atomic E-state index is 11.1. The van der Waals surface area contributed by atoms with E-state index in [4.69, 9.17) is 9.47 Å². The van der Waals surface area contributed by atoms with Crippen LogP contribution in [0.5, 0.6) is 0 Å². The number of rotatable bonds is 5. The molecule has 0 atom stereocenters. The molecule has 1 rings (SSSR count). The van der Waals surface area contributed by atoms with Gasteiger partial charge in [-0.25, -0.2) is 0 Å². The summed E-state index contributed by atoms with van der Waals surface area (Å²) in [5.41, 5.74) is -0.354. The normalized spacial score (nSPS) is 18.4. The minimum absolute atomic E-state index is 0.152. The fourth-order valence-corrected chi connectivity index (χ4v) is 2.02. The van der Waals surface area contributed by atoms with Crippen LogP contribution in [0, 0.1) is 0 Å². The minimum Gasteiger partial charge on any atom is -0.463 e. The Labute approximate surface area is 98.5 Å². The molecule has 0 radical (unpaired) electrons. The molecule has 0 saturated heterocycles. The van der Waals surface area contributed by atoms with Crippen molar-refractivity contribution in [3.8, 4) is 0 Å². The molecule has 0 aromatic carbocycles. The quantitative estimate of drug-likeness (QED) is 0.678. The average molecular weight is 228 g/mol. The lowest BCUT2D eigenvalue weighted by atomic mass is 9.97. The summed E-state index contributed by atoms with van der Waals surface area (Å²) in [6.45, 7) is 6.14. The lowest BCUT2D eigenvalue weighted by molar-refractivity contribution is -0.159. The Morgan fingerprint density at radius 3 is 2.44 bits per heavy atom. The molecule has 1 aliphatic rings. The highest BCUT2D eigenvalue weighted by Gasteiger charge is 2.26. The van der Waals surface area contributed by atoms with Crippen LogP contribution in [0.2, 0.25) is 0 Å². The fraction of sp³-hybridized carbons (Fsp3) is 0.923. The fourth-order valence-electron chi connectivity index (χ4n) is 2.02. The summed E-state index contributed by atoms with van der Waals surface area (Å²) < 4.78 is 11.1.